The fourth-order valence-electron chi connectivity index (χ4n) is 2.71. The molecule has 3 rings (SSSR count). The van der Waals surface area contributed by atoms with Gasteiger partial charge in [0.1, 0.15) is 5.75 Å². The van der Waals surface area contributed by atoms with Crippen LogP contribution in [0, 0.1) is 0 Å². The topological polar surface area (TPSA) is 79.1 Å². The van der Waals surface area contributed by atoms with Crippen molar-refractivity contribution in [3.8, 4) is 5.75 Å². The van der Waals surface area contributed by atoms with Crippen LogP contribution in [0.3, 0.4) is 0 Å². The molecular weight excluding hydrogens is 428 g/mol. The number of hydrogen-bond acceptors (Lipinski definition) is 6. The molecule has 0 N–H and O–H groups in total. The number of rotatable bonds is 8. The third kappa shape index (κ3) is 5.47. The van der Waals surface area contributed by atoms with Crippen LogP contribution in [0.25, 0.3) is 10.2 Å². The maximum atomic E-state index is 12.4. The SMILES string of the molecule is CCOC(=O)c1ccc2c(c1)sc(=NC(=O)COc1ccc(Cl)cc1)n2CCOC. The first kappa shape index (κ1) is 22.0. The highest BCUT2D eigenvalue weighted by atomic mass is 35.5. The van der Waals surface area contributed by atoms with Crippen molar-refractivity contribution in [2.45, 2.75) is 13.5 Å². The molecule has 158 valence electrons. The normalized spacial score (nSPS) is 11.6. The molecule has 0 aliphatic carbocycles. The van der Waals surface area contributed by atoms with Crippen molar-refractivity contribution in [1.29, 1.82) is 0 Å². The Hall–Kier alpha value is -2.68. The summed E-state index contributed by atoms with van der Waals surface area (Å²) in [5.41, 5.74) is 1.31. The van der Waals surface area contributed by atoms with Gasteiger partial charge in [-0.1, -0.05) is 22.9 Å². The number of amides is 1. The van der Waals surface area contributed by atoms with Crippen molar-refractivity contribution >= 4 is 45.0 Å². The van der Waals surface area contributed by atoms with Crippen molar-refractivity contribution in [3.63, 3.8) is 0 Å². The van der Waals surface area contributed by atoms with Crippen molar-refractivity contribution in [2.75, 3.05) is 26.9 Å². The van der Waals surface area contributed by atoms with Crippen LogP contribution < -0.4 is 9.54 Å². The molecule has 0 unspecified atom stereocenters. The number of thiazole rings is 1. The lowest BCUT2D eigenvalue weighted by atomic mass is 10.2. The molecule has 0 aliphatic rings. The minimum atomic E-state index is -0.423. The summed E-state index contributed by atoms with van der Waals surface area (Å²) in [6.07, 6.45) is 0. The van der Waals surface area contributed by atoms with Crippen molar-refractivity contribution in [2.24, 2.45) is 4.99 Å². The molecule has 0 aliphatic heterocycles. The van der Waals surface area contributed by atoms with E-state index in [2.05, 4.69) is 4.99 Å². The molecule has 30 heavy (non-hydrogen) atoms. The highest BCUT2D eigenvalue weighted by molar-refractivity contribution is 7.16. The van der Waals surface area contributed by atoms with Crippen molar-refractivity contribution in [1.82, 2.24) is 4.57 Å². The number of benzene rings is 2. The van der Waals surface area contributed by atoms with Crippen molar-refractivity contribution < 1.29 is 23.8 Å². The maximum Gasteiger partial charge on any atom is 0.338 e. The Labute approximate surface area is 182 Å². The highest BCUT2D eigenvalue weighted by Crippen LogP contribution is 2.20. The van der Waals surface area contributed by atoms with Gasteiger partial charge < -0.3 is 18.8 Å². The number of carbonyl (C=O) groups excluding carboxylic acids is 2. The minimum Gasteiger partial charge on any atom is -0.484 e. The van der Waals surface area contributed by atoms with E-state index in [1.807, 2.05) is 10.6 Å². The van der Waals surface area contributed by atoms with Gasteiger partial charge in [-0.25, -0.2) is 4.79 Å². The first-order chi connectivity index (χ1) is 14.5. The molecule has 9 heteroatoms. The number of aromatic nitrogens is 1. The summed E-state index contributed by atoms with van der Waals surface area (Å²) in [4.78, 5) is 29.1. The smallest absolute Gasteiger partial charge is 0.338 e. The number of fused-ring (bicyclic) bond motifs is 1. The van der Waals surface area contributed by atoms with Crippen LogP contribution in [0.5, 0.6) is 5.75 Å². The van der Waals surface area contributed by atoms with Gasteiger partial charge in [0.05, 0.1) is 29.0 Å². The van der Waals surface area contributed by atoms with Gasteiger partial charge in [-0.3, -0.25) is 4.79 Å². The molecule has 0 atom stereocenters. The number of nitrogens with zero attached hydrogens (tertiary/aromatic N) is 2. The third-order valence-electron chi connectivity index (χ3n) is 4.11. The van der Waals surface area contributed by atoms with Crippen LogP contribution in [0.1, 0.15) is 17.3 Å². The van der Waals surface area contributed by atoms with Crippen LogP contribution >= 0.6 is 22.9 Å². The van der Waals surface area contributed by atoms with E-state index >= 15 is 0 Å². The van der Waals surface area contributed by atoms with E-state index in [9.17, 15) is 9.59 Å². The molecule has 3 aromatic rings. The first-order valence-electron chi connectivity index (χ1n) is 9.27. The molecule has 0 fully saturated rings. The zero-order valence-corrected chi connectivity index (χ0v) is 18.2. The maximum absolute atomic E-state index is 12.4. The summed E-state index contributed by atoms with van der Waals surface area (Å²) in [6.45, 7) is 2.83. The predicted molar refractivity (Wildman–Crippen MR) is 115 cm³/mol. The molecule has 1 aromatic heterocycles. The van der Waals surface area contributed by atoms with E-state index in [-0.39, 0.29) is 12.6 Å². The number of ether oxygens (including phenoxy) is 3. The predicted octanol–water partition coefficient (Wildman–Crippen LogP) is 3.69. The van der Waals surface area contributed by atoms with Gasteiger partial charge in [0.25, 0.3) is 5.91 Å². The van der Waals surface area contributed by atoms with Crippen LogP contribution in [0.4, 0.5) is 0 Å². The van der Waals surface area contributed by atoms with Crippen LogP contribution in [0.15, 0.2) is 47.5 Å². The highest BCUT2D eigenvalue weighted by Gasteiger charge is 2.13. The quantitative estimate of drug-likeness (QED) is 0.491. The minimum absolute atomic E-state index is 0.200. The number of carbonyl (C=O) groups is 2. The van der Waals surface area contributed by atoms with Gasteiger partial charge in [-0.2, -0.15) is 4.99 Å². The van der Waals surface area contributed by atoms with Gasteiger partial charge in [-0.15, -0.1) is 0 Å². The standard InChI is InChI=1S/C21H21ClN2O5S/c1-3-28-20(26)14-4-9-17-18(12-14)30-21(24(17)10-11-27-2)23-19(25)13-29-16-7-5-15(22)6-8-16/h4-9,12H,3,10-11,13H2,1-2H3. The summed E-state index contributed by atoms with van der Waals surface area (Å²) in [5, 5.41) is 0.588. The average molecular weight is 449 g/mol. The molecule has 1 heterocycles. The Morgan fingerprint density at radius 3 is 2.63 bits per heavy atom. The third-order valence-corrected chi connectivity index (χ3v) is 5.40. The van der Waals surface area contributed by atoms with Gasteiger partial charge in [-0.05, 0) is 49.4 Å². The Kier molecular flexibility index (Phi) is 7.62. The number of esters is 1. The van der Waals surface area contributed by atoms with E-state index in [4.69, 9.17) is 25.8 Å². The average Bonchev–Trinajstić information content (AvgIpc) is 3.08. The Morgan fingerprint density at radius 1 is 1.17 bits per heavy atom. The van der Waals surface area contributed by atoms with E-state index in [0.29, 0.717) is 40.9 Å². The summed E-state index contributed by atoms with van der Waals surface area (Å²) in [7, 11) is 1.61. The second-order valence-electron chi connectivity index (χ2n) is 6.18. The largest absolute Gasteiger partial charge is 0.484 e. The number of methoxy groups -OCH3 is 1. The summed E-state index contributed by atoms with van der Waals surface area (Å²) >= 11 is 7.16. The molecule has 7 nitrogen and oxygen atoms in total. The zero-order valence-electron chi connectivity index (χ0n) is 16.6. The summed E-state index contributed by atoms with van der Waals surface area (Å²) < 4.78 is 18.4. The Bertz CT molecular complexity index is 1100. The molecule has 2 aromatic carbocycles. The lowest BCUT2D eigenvalue weighted by Crippen LogP contribution is -2.21. The van der Waals surface area contributed by atoms with E-state index in [0.717, 1.165) is 10.2 Å². The fourth-order valence-corrected chi connectivity index (χ4v) is 3.95. The fraction of sp³-hybridized carbons (Fsp3) is 0.286. The second kappa shape index (κ2) is 10.4. The summed E-state index contributed by atoms with van der Waals surface area (Å²) in [6, 6.07) is 12.0. The Morgan fingerprint density at radius 2 is 1.93 bits per heavy atom. The first-order valence-corrected chi connectivity index (χ1v) is 10.5. The van der Waals surface area contributed by atoms with Crippen LogP contribution in [-0.4, -0.2) is 43.4 Å². The summed E-state index contributed by atoms with van der Waals surface area (Å²) in [5.74, 6) is -0.277. The molecule has 0 saturated carbocycles. The molecule has 0 spiro atoms. The van der Waals surface area contributed by atoms with E-state index < -0.39 is 5.91 Å². The zero-order chi connectivity index (χ0) is 21.5. The second-order valence-corrected chi connectivity index (χ2v) is 7.63. The molecule has 1 amide bonds. The van der Waals surface area contributed by atoms with E-state index in [1.54, 1.807) is 50.4 Å². The van der Waals surface area contributed by atoms with Crippen molar-refractivity contribution in [3.05, 3.63) is 57.9 Å². The molecule has 0 saturated heterocycles. The Balaban J connectivity index is 1.88. The van der Waals surface area contributed by atoms with Crippen LogP contribution in [0.2, 0.25) is 5.02 Å². The molecule has 0 bridgehead atoms. The lowest BCUT2D eigenvalue weighted by molar-refractivity contribution is -0.120. The lowest BCUT2D eigenvalue weighted by Gasteiger charge is -2.06. The number of halogens is 1. The van der Waals surface area contributed by atoms with Gasteiger partial charge in [0.2, 0.25) is 0 Å². The van der Waals surface area contributed by atoms with Crippen LogP contribution in [-0.2, 0) is 20.8 Å². The van der Waals surface area contributed by atoms with Gasteiger partial charge in [0, 0.05) is 18.7 Å². The molecule has 0 radical (unpaired) electrons. The van der Waals surface area contributed by atoms with E-state index in [1.165, 1.54) is 11.3 Å². The monoisotopic (exact) mass is 448 g/mol. The van der Waals surface area contributed by atoms with Gasteiger partial charge >= 0.3 is 5.97 Å². The van der Waals surface area contributed by atoms with Gasteiger partial charge in [0.15, 0.2) is 11.4 Å². The number of hydrogen-bond donors (Lipinski definition) is 0. The molecular formula is C21H21ClN2O5S.